The van der Waals surface area contributed by atoms with E-state index in [9.17, 15) is 25.0 Å². The van der Waals surface area contributed by atoms with E-state index < -0.39 is 9.85 Å². The summed E-state index contributed by atoms with van der Waals surface area (Å²) >= 11 is 0. The Balaban J connectivity index is 4.54. The van der Waals surface area contributed by atoms with Crippen LogP contribution < -0.4 is 0 Å². The Bertz CT molecular complexity index is 577. The van der Waals surface area contributed by atoms with E-state index in [1.807, 2.05) is 25.2 Å². The fraction of sp³-hybridized carbons (Fsp3) is 0.550. The summed E-state index contributed by atoms with van der Waals surface area (Å²) in [4.78, 5) is 31.5. The molecule has 0 aliphatic heterocycles. The lowest BCUT2D eigenvalue weighted by Crippen LogP contribution is -2.00. The summed E-state index contributed by atoms with van der Waals surface area (Å²) in [7, 11) is 0. The number of nitro groups is 2. The molecule has 0 fully saturated rings. The number of unbranched alkanes of at least 4 members (excludes halogenated alkanes) is 4. The minimum absolute atomic E-state index is 0.0403. The molecular weight excluding hydrogens is 348 g/mol. The van der Waals surface area contributed by atoms with Crippen molar-refractivity contribution >= 4 is 6.29 Å². The van der Waals surface area contributed by atoms with Crippen molar-refractivity contribution in [3.8, 4) is 0 Å². The molecule has 7 nitrogen and oxygen atoms in total. The van der Waals surface area contributed by atoms with Gasteiger partial charge in [-0.2, -0.15) is 0 Å². The molecule has 0 bridgehead atoms. The molecule has 7 heteroatoms. The first-order chi connectivity index (χ1) is 13.0. The Morgan fingerprint density at radius 2 is 1.44 bits per heavy atom. The van der Waals surface area contributed by atoms with Crippen molar-refractivity contribution in [3.63, 3.8) is 0 Å². The highest BCUT2D eigenvalue weighted by molar-refractivity contribution is 5.48. The fourth-order valence-electron chi connectivity index (χ4n) is 2.36. The number of nitrogens with zero attached hydrogens (tertiary/aromatic N) is 2. The number of hydrogen-bond acceptors (Lipinski definition) is 5. The topological polar surface area (TPSA) is 103 Å². The van der Waals surface area contributed by atoms with Gasteiger partial charge in [0.1, 0.15) is 6.29 Å². The normalized spacial score (nSPS) is 12.8. The molecule has 0 aliphatic carbocycles. The molecule has 0 atom stereocenters. The van der Waals surface area contributed by atoms with Crippen molar-refractivity contribution in [1.29, 1.82) is 0 Å². The Hall–Kier alpha value is -2.57. The van der Waals surface area contributed by atoms with Gasteiger partial charge in [-0.15, -0.1) is 0 Å². The lowest BCUT2D eigenvalue weighted by Gasteiger charge is -1.99. The number of carbonyl (C=O) groups is 1. The predicted molar refractivity (Wildman–Crippen MR) is 106 cm³/mol. The van der Waals surface area contributed by atoms with Crippen LogP contribution in [0.5, 0.6) is 0 Å². The van der Waals surface area contributed by atoms with E-state index in [0.717, 1.165) is 38.4 Å². The molecule has 0 rings (SSSR count). The van der Waals surface area contributed by atoms with E-state index in [1.165, 1.54) is 12.2 Å². The van der Waals surface area contributed by atoms with Crippen LogP contribution in [-0.2, 0) is 4.79 Å². The van der Waals surface area contributed by atoms with Gasteiger partial charge in [0.15, 0.2) is 0 Å². The van der Waals surface area contributed by atoms with Crippen molar-refractivity contribution in [2.24, 2.45) is 0 Å². The molecule has 0 radical (unpaired) electrons. The molecule has 0 aliphatic rings. The number of allylic oxidation sites excluding steroid dienone is 7. The van der Waals surface area contributed by atoms with Gasteiger partial charge in [0.25, 0.3) is 0 Å². The first kappa shape index (κ1) is 24.4. The zero-order valence-corrected chi connectivity index (χ0v) is 16.0. The molecule has 0 spiro atoms. The van der Waals surface area contributed by atoms with Crippen molar-refractivity contribution in [2.45, 2.75) is 71.1 Å². The SMILES string of the molecule is CC/C=C/C/C=C/C/C(=C/C/C=C(/CCCCCCC=O)[N+](=O)[O-])[N+](=O)[O-]. The van der Waals surface area contributed by atoms with Crippen LogP contribution in [0.25, 0.3) is 0 Å². The van der Waals surface area contributed by atoms with Crippen molar-refractivity contribution in [1.82, 2.24) is 0 Å². The summed E-state index contributed by atoms with van der Waals surface area (Å²) in [6, 6.07) is 0. The maximum Gasteiger partial charge on any atom is 0.246 e. The van der Waals surface area contributed by atoms with E-state index in [2.05, 4.69) is 0 Å². The van der Waals surface area contributed by atoms with Gasteiger partial charge in [-0.3, -0.25) is 20.2 Å². The first-order valence-corrected chi connectivity index (χ1v) is 9.43. The smallest absolute Gasteiger partial charge is 0.246 e. The third-order valence-electron chi connectivity index (χ3n) is 3.85. The summed E-state index contributed by atoms with van der Waals surface area (Å²) in [5.74, 6) is 0. The minimum Gasteiger partial charge on any atom is -0.303 e. The van der Waals surface area contributed by atoms with Crippen LogP contribution in [0.2, 0.25) is 0 Å². The van der Waals surface area contributed by atoms with E-state index in [0.29, 0.717) is 19.3 Å². The molecule has 27 heavy (non-hydrogen) atoms. The highest BCUT2D eigenvalue weighted by Crippen LogP contribution is 2.13. The molecule has 0 heterocycles. The van der Waals surface area contributed by atoms with Gasteiger partial charge in [0, 0.05) is 12.8 Å². The summed E-state index contributed by atoms with van der Waals surface area (Å²) < 4.78 is 0. The predicted octanol–water partition coefficient (Wildman–Crippen LogP) is 5.54. The highest BCUT2D eigenvalue weighted by atomic mass is 16.6. The molecule has 0 saturated heterocycles. The molecule has 150 valence electrons. The fourth-order valence-corrected chi connectivity index (χ4v) is 2.36. The highest BCUT2D eigenvalue weighted by Gasteiger charge is 2.11. The Kier molecular flexibility index (Phi) is 15.3. The Labute approximate surface area is 160 Å². The second kappa shape index (κ2) is 16.9. The number of rotatable bonds is 16. The second-order valence-corrected chi connectivity index (χ2v) is 6.05. The standard InChI is InChI=1S/C20H30N2O5/c1-2-3-4-5-7-10-14-19(21(24)25)16-13-17-20(22(26)27)15-11-8-6-9-12-18-23/h3-4,7,10,16-18H,2,5-6,8-9,11-15H2,1H3/b4-3+,10-7+,19-16-,20-17-. The third kappa shape index (κ3) is 14.3. The van der Waals surface area contributed by atoms with E-state index >= 15 is 0 Å². The van der Waals surface area contributed by atoms with E-state index in [1.54, 1.807) is 6.08 Å². The van der Waals surface area contributed by atoms with Gasteiger partial charge < -0.3 is 4.79 Å². The molecule has 0 aromatic rings. The molecule has 0 saturated carbocycles. The average Bonchev–Trinajstić information content (AvgIpc) is 2.63. The van der Waals surface area contributed by atoms with E-state index in [-0.39, 0.29) is 24.2 Å². The maximum absolute atomic E-state index is 11.1. The molecule has 0 N–H and O–H groups in total. The second-order valence-electron chi connectivity index (χ2n) is 6.05. The van der Waals surface area contributed by atoms with Crippen LogP contribution in [-0.4, -0.2) is 16.1 Å². The van der Waals surface area contributed by atoms with Crippen molar-refractivity contribution in [3.05, 3.63) is 68.1 Å². The minimum atomic E-state index is -0.446. The summed E-state index contributed by atoms with van der Waals surface area (Å²) in [6.45, 7) is 2.04. The van der Waals surface area contributed by atoms with Crippen molar-refractivity contribution in [2.75, 3.05) is 0 Å². The summed E-state index contributed by atoms with van der Waals surface area (Å²) in [5, 5.41) is 22.2. The number of carbonyl (C=O) groups excluding carboxylic acids is 1. The van der Waals surface area contributed by atoms with Gasteiger partial charge >= 0.3 is 0 Å². The lowest BCUT2D eigenvalue weighted by atomic mass is 10.1. The van der Waals surface area contributed by atoms with Gasteiger partial charge in [-0.05, 0) is 44.3 Å². The Morgan fingerprint density at radius 1 is 0.815 bits per heavy atom. The maximum atomic E-state index is 11.1. The van der Waals surface area contributed by atoms with Crippen LogP contribution in [0.15, 0.2) is 47.9 Å². The van der Waals surface area contributed by atoms with Gasteiger partial charge in [-0.25, -0.2) is 0 Å². The lowest BCUT2D eigenvalue weighted by molar-refractivity contribution is -0.428. The molecule has 0 aromatic heterocycles. The molecule has 0 amide bonds. The van der Waals surface area contributed by atoms with Gasteiger partial charge in [-0.1, -0.05) is 44.1 Å². The number of hydrogen-bond donors (Lipinski definition) is 0. The summed E-state index contributed by atoms with van der Waals surface area (Å²) in [6.07, 6.45) is 17.5. The molecule has 0 unspecified atom stereocenters. The first-order valence-electron chi connectivity index (χ1n) is 9.43. The monoisotopic (exact) mass is 378 g/mol. The van der Waals surface area contributed by atoms with Crippen LogP contribution >= 0.6 is 0 Å². The third-order valence-corrected chi connectivity index (χ3v) is 3.85. The quantitative estimate of drug-likeness (QED) is 0.115. The largest absolute Gasteiger partial charge is 0.303 e. The van der Waals surface area contributed by atoms with Gasteiger partial charge in [0.2, 0.25) is 11.4 Å². The number of aldehydes is 1. The summed E-state index contributed by atoms with van der Waals surface area (Å²) in [5.41, 5.74) is 0.128. The Morgan fingerprint density at radius 3 is 2.07 bits per heavy atom. The molecular formula is C20H30N2O5. The molecule has 0 aromatic carbocycles. The van der Waals surface area contributed by atoms with E-state index in [4.69, 9.17) is 0 Å². The van der Waals surface area contributed by atoms with Crippen LogP contribution in [0.3, 0.4) is 0 Å². The zero-order valence-electron chi connectivity index (χ0n) is 16.0. The van der Waals surface area contributed by atoms with Crippen LogP contribution in [0, 0.1) is 20.2 Å². The van der Waals surface area contributed by atoms with Crippen LogP contribution in [0.1, 0.15) is 71.1 Å². The van der Waals surface area contributed by atoms with Gasteiger partial charge in [0.05, 0.1) is 16.3 Å². The van der Waals surface area contributed by atoms with Crippen LogP contribution in [0.4, 0.5) is 0 Å². The average molecular weight is 378 g/mol. The van der Waals surface area contributed by atoms with Crippen molar-refractivity contribution < 1.29 is 14.6 Å². The zero-order chi connectivity index (χ0) is 20.3.